The Hall–Kier alpha value is -2.66. The third-order valence-corrected chi connectivity index (χ3v) is 4.23. The van der Waals surface area contributed by atoms with Crippen molar-refractivity contribution >= 4 is 27.4 Å². The molecule has 0 spiro atoms. The summed E-state index contributed by atoms with van der Waals surface area (Å²) < 4.78 is 31.4. The molecule has 3 rings (SSSR count). The molecule has 0 atom stereocenters. The predicted octanol–water partition coefficient (Wildman–Crippen LogP) is -0.307. The zero-order chi connectivity index (χ0) is 18.0. The Bertz CT molecular complexity index is 871. The van der Waals surface area contributed by atoms with Crippen molar-refractivity contribution in [2.45, 2.75) is 0 Å². The van der Waals surface area contributed by atoms with Crippen LogP contribution in [-0.4, -0.2) is 66.8 Å². The number of carbonyl (C=O) groups excluding carboxylic acids is 1. The number of anilines is 2. The van der Waals surface area contributed by atoms with Crippen LogP contribution in [0.4, 0.5) is 11.5 Å². The first-order valence-corrected chi connectivity index (χ1v) is 9.41. The van der Waals surface area contributed by atoms with E-state index in [2.05, 4.69) is 15.0 Å². The lowest BCUT2D eigenvalue weighted by Gasteiger charge is -2.26. The minimum atomic E-state index is -3.35. The molecular formula is C14H18N6O4S. The Labute approximate surface area is 144 Å². The van der Waals surface area contributed by atoms with Crippen LogP contribution in [0.3, 0.4) is 0 Å². The number of amides is 1. The van der Waals surface area contributed by atoms with E-state index in [1.54, 1.807) is 29.2 Å². The Morgan fingerprint density at radius 3 is 2.48 bits per heavy atom. The van der Waals surface area contributed by atoms with Gasteiger partial charge in [0.15, 0.2) is 11.5 Å². The minimum Gasteiger partial charge on any atom is -0.382 e. The van der Waals surface area contributed by atoms with Gasteiger partial charge in [0.05, 0.1) is 25.2 Å². The van der Waals surface area contributed by atoms with Crippen molar-refractivity contribution < 1.29 is 17.9 Å². The van der Waals surface area contributed by atoms with E-state index < -0.39 is 10.0 Å². The smallest absolute Gasteiger partial charge is 0.278 e. The largest absolute Gasteiger partial charge is 0.382 e. The number of nitrogen functional groups attached to an aromatic ring is 1. The number of hydrogen-bond acceptors (Lipinski definition) is 7. The number of carbonyl (C=O) groups is 1. The predicted molar refractivity (Wildman–Crippen MR) is 91.0 cm³/mol. The van der Waals surface area contributed by atoms with Crippen molar-refractivity contribution in [1.82, 2.24) is 19.9 Å². The average molecular weight is 366 g/mol. The summed E-state index contributed by atoms with van der Waals surface area (Å²) in [6, 6.07) is 6.39. The molecule has 1 saturated heterocycles. The maximum Gasteiger partial charge on any atom is 0.278 e. The molecule has 0 saturated carbocycles. The fraction of sp³-hybridized carbons (Fsp3) is 0.357. The molecule has 0 bridgehead atoms. The number of sulfonamides is 1. The van der Waals surface area contributed by atoms with Gasteiger partial charge in [0, 0.05) is 18.8 Å². The number of ether oxygens (including phenoxy) is 1. The van der Waals surface area contributed by atoms with E-state index in [1.165, 1.54) is 4.68 Å². The van der Waals surface area contributed by atoms with Crippen molar-refractivity contribution in [2.24, 2.45) is 0 Å². The number of rotatable bonds is 4. The fourth-order valence-corrected chi connectivity index (χ4v) is 3.00. The van der Waals surface area contributed by atoms with Gasteiger partial charge in [-0.25, -0.2) is 8.42 Å². The van der Waals surface area contributed by atoms with Crippen LogP contribution in [0.1, 0.15) is 10.5 Å². The lowest BCUT2D eigenvalue weighted by molar-refractivity contribution is 0.0299. The van der Waals surface area contributed by atoms with Crippen LogP contribution in [0.25, 0.3) is 5.69 Å². The zero-order valence-corrected chi connectivity index (χ0v) is 14.4. The molecule has 0 aliphatic carbocycles. The van der Waals surface area contributed by atoms with Gasteiger partial charge in [0.2, 0.25) is 10.0 Å². The lowest BCUT2D eigenvalue weighted by atomic mass is 10.3. The molecule has 1 aromatic carbocycles. The summed E-state index contributed by atoms with van der Waals surface area (Å²) in [5, 5.41) is 7.82. The first kappa shape index (κ1) is 17.2. The van der Waals surface area contributed by atoms with Crippen molar-refractivity contribution in [3.05, 3.63) is 30.0 Å². The highest BCUT2D eigenvalue weighted by Crippen LogP contribution is 2.19. The van der Waals surface area contributed by atoms with E-state index in [4.69, 9.17) is 10.5 Å². The summed E-state index contributed by atoms with van der Waals surface area (Å²) in [5.74, 6) is -0.164. The first-order valence-electron chi connectivity index (χ1n) is 7.51. The van der Waals surface area contributed by atoms with E-state index in [0.717, 1.165) is 6.26 Å². The zero-order valence-electron chi connectivity index (χ0n) is 13.5. The van der Waals surface area contributed by atoms with Crippen LogP contribution >= 0.6 is 0 Å². The van der Waals surface area contributed by atoms with Crippen molar-refractivity contribution in [2.75, 3.05) is 43.0 Å². The van der Waals surface area contributed by atoms with E-state index in [1.807, 2.05) is 0 Å². The Morgan fingerprint density at radius 2 is 1.88 bits per heavy atom. The van der Waals surface area contributed by atoms with Gasteiger partial charge in [-0.05, 0) is 24.3 Å². The standard InChI is InChI=1S/C14H18N6O4S/c1-25(22,23)17-10-2-4-11(5-3-10)20-13(15)12(16-18-20)14(21)19-6-8-24-9-7-19/h2-5,17H,6-9,15H2,1H3. The SMILES string of the molecule is CS(=O)(=O)Nc1ccc(-n2nnc(C(=O)N3CCOCC3)c2N)cc1. The highest BCUT2D eigenvalue weighted by atomic mass is 32.2. The van der Waals surface area contributed by atoms with Crippen LogP contribution in [-0.2, 0) is 14.8 Å². The monoisotopic (exact) mass is 366 g/mol. The molecule has 1 aromatic heterocycles. The molecule has 11 heteroatoms. The highest BCUT2D eigenvalue weighted by molar-refractivity contribution is 7.92. The second-order valence-electron chi connectivity index (χ2n) is 5.56. The molecule has 1 amide bonds. The van der Waals surface area contributed by atoms with Crippen molar-refractivity contribution in [1.29, 1.82) is 0 Å². The Kier molecular flexibility index (Phi) is 4.59. The number of morpholine rings is 1. The molecule has 10 nitrogen and oxygen atoms in total. The second-order valence-corrected chi connectivity index (χ2v) is 7.31. The van der Waals surface area contributed by atoms with Gasteiger partial charge < -0.3 is 15.4 Å². The van der Waals surface area contributed by atoms with E-state index >= 15 is 0 Å². The topological polar surface area (TPSA) is 132 Å². The summed E-state index contributed by atoms with van der Waals surface area (Å²) in [6.07, 6.45) is 1.07. The number of nitrogens with one attached hydrogen (secondary N) is 1. The Balaban J connectivity index is 1.82. The van der Waals surface area contributed by atoms with Gasteiger partial charge in [-0.3, -0.25) is 9.52 Å². The molecule has 0 radical (unpaired) electrons. The summed E-state index contributed by atoms with van der Waals surface area (Å²) >= 11 is 0. The molecule has 2 aromatic rings. The summed E-state index contributed by atoms with van der Waals surface area (Å²) in [5.41, 5.74) is 7.09. The van der Waals surface area contributed by atoms with Crippen molar-refractivity contribution in [3.8, 4) is 5.69 Å². The molecule has 1 fully saturated rings. The third kappa shape index (κ3) is 3.88. The molecule has 25 heavy (non-hydrogen) atoms. The highest BCUT2D eigenvalue weighted by Gasteiger charge is 2.25. The number of nitrogens with zero attached hydrogens (tertiary/aromatic N) is 4. The van der Waals surface area contributed by atoms with Gasteiger partial charge in [-0.2, -0.15) is 4.68 Å². The summed E-state index contributed by atoms with van der Waals surface area (Å²) in [7, 11) is -3.35. The van der Waals surface area contributed by atoms with Crippen LogP contribution in [0, 0.1) is 0 Å². The van der Waals surface area contributed by atoms with Gasteiger partial charge in [0.25, 0.3) is 5.91 Å². The number of aromatic nitrogens is 3. The quantitative estimate of drug-likeness (QED) is 0.758. The van der Waals surface area contributed by atoms with E-state index in [0.29, 0.717) is 37.7 Å². The van der Waals surface area contributed by atoms with Crippen LogP contribution in [0.5, 0.6) is 0 Å². The fourth-order valence-electron chi connectivity index (χ4n) is 2.43. The van der Waals surface area contributed by atoms with Gasteiger partial charge >= 0.3 is 0 Å². The molecule has 0 unspecified atom stereocenters. The Morgan fingerprint density at radius 1 is 1.24 bits per heavy atom. The van der Waals surface area contributed by atoms with Gasteiger partial charge in [-0.1, -0.05) is 5.21 Å². The van der Waals surface area contributed by atoms with E-state index in [9.17, 15) is 13.2 Å². The average Bonchev–Trinajstić information content (AvgIpc) is 2.96. The number of nitrogens with two attached hydrogens (primary N) is 1. The van der Waals surface area contributed by atoms with Crippen LogP contribution in [0.15, 0.2) is 24.3 Å². The number of hydrogen-bond donors (Lipinski definition) is 2. The molecule has 3 N–H and O–H groups in total. The number of benzene rings is 1. The normalized spacial score (nSPS) is 15.2. The van der Waals surface area contributed by atoms with Gasteiger partial charge in [0.1, 0.15) is 0 Å². The molecule has 2 heterocycles. The molecule has 1 aliphatic rings. The third-order valence-electron chi connectivity index (χ3n) is 3.62. The second kappa shape index (κ2) is 6.69. The molecular weight excluding hydrogens is 348 g/mol. The summed E-state index contributed by atoms with van der Waals surface area (Å²) in [4.78, 5) is 14.1. The van der Waals surface area contributed by atoms with Gasteiger partial charge in [-0.15, -0.1) is 5.10 Å². The first-order chi connectivity index (χ1) is 11.8. The van der Waals surface area contributed by atoms with Crippen LogP contribution < -0.4 is 10.5 Å². The van der Waals surface area contributed by atoms with Crippen molar-refractivity contribution in [3.63, 3.8) is 0 Å². The minimum absolute atomic E-state index is 0.0836. The summed E-state index contributed by atoms with van der Waals surface area (Å²) in [6.45, 7) is 1.93. The van der Waals surface area contributed by atoms with E-state index in [-0.39, 0.29) is 17.4 Å². The molecule has 134 valence electrons. The van der Waals surface area contributed by atoms with Crippen LogP contribution in [0.2, 0.25) is 0 Å². The maximum absolute atomic E-state index is 12.5. The lowest BCUT2D eigenvalue weighted by Crippen LogP contribution is -2.41. The molecule has 1 aliphatic heterocycles. The maximum atomic E-state index is 12.5.